The molecule has 0 aliphatic heterocycles. The molecule has 0 heterocycles. The minimum absolute atomic E-state index is 0.00201. The lowest BCUT2D eigenvalue weighted by Crippen LogP contribution is -2.29. The van der Waals surface area contributed by atoms with Gasteiger partial charge in [0.1, 0.15) is 0 Å². The number of esters is 1. The molecule has 1 rings (SSSR count). The van der Waals surface area contributed by atoms with Crippen LogP contribution in [0.4, 0.5) is 0 Å². The van der Waals surface area contributed by atoms with Crippen molar-refractivity contribution < 1.29 is 22.1 Å². The second-order valence-corrected chi connectivity index (χ2v) is 4.68. The van der Waals surface area contributed by atoms with E-state index in [0.717, 1.165) is 19.1 Å². The molecule has 0 aromatic heterocycles. The predicted octanol–water partition coefficient (Wildman–Crippen LogP) is -0.0858. The highest BCUT2D eigenvalue weighted by molar-refractivity contribution is 7.86. The van der Waals surface area contributed by atoms with Gasteiger partial charge in [-0.1, -0.05) is 0 Å². The van der Waals surface area contributed by atoms with Gasteiger partial charge < -0.3 is 4.74 Å². The highest BCUT2D eigenvalue weighted by Gasteiger charge is 2.40. The predicted molar refractivity (Wildman–Crippen MR) is 44.5 cm³/mol. The minimum Gasteiger partial charge on any atom is -0.467 e. The lowest BCUT2D eigenvalue weighted by molar-refractivity contribution is -0.149. The summed E-state index contributed by atoms with van der Waals surface area (Å²) >= 11 is 0. The molecule has 0 aromatic carbocycles. The summed E-state index contributed by atoms with van der Waals surface area (Å²) in [6, 6.07) is 0. The van der Waals surface area contributed by atoms with Crippen LogP contribution in [-0.2, 0) is 23.8 Å². The van der Waals surface area contributed by atoms with E-state index in [9.17, 15) is 13.2 Å². The summed E-state index contributed by atoms with van der Waals surface area (Å²) in [6.45, 7) is 0. The van der Waals surface area contributed by atoms with Crippen molar-refractivity contribution in [3.63, 3.8) is 0 Å². The fraction of sp³-hybridized carbons (Fsp3) is 0.857. The van der Waals surface area contributed by atoms with Gasteiger partial charge in [-0.3, -0.25) is 4.18 Å². The summed E-state index contributed by atoms with van der Waals surface area (Å²) in [5, 5.41) is 0. The topological polar surface area (TPSA) is 69.7 Å². The van der Waals surface area contributed by atoms with Gasteiger partial charge in [-0.25, -0.2) is 4.79 Å². The fourth-order valence-corrected chi connectivity index (χ4v) is 1.63. The van der Waals surface area contributed by atoms with E-state index in [-0.39, 0.29) is 5.92 Å². The van der Waals surface area contributed by atoms with Gasteiger partial charge in [-0.15, -0.1) is 0 Å². The molecule has 1 atom stereocenters. The van der Waals surface area contributed by atoms with Crippen LogP contribution in [-0.4, -0.2) is 33.9 Å². The maximum atomic E-state index is 11.1. The first-order chi connectivity index (χ1) is 5.94. The Balaban J connectivity index is 2.63. The first kappa shape index (κ1) is 10.5. The summed E-state index contributed by atoms with van der Waals surface area (Å²) in [4.78, 5) is 11.1. The number of methoxy groups -OCH3 is 1. The van der Waals surface area contributed by atoms with Crippen LogP contribution >= 0.6 is 0 Å². The summed E-state index contributed by atoms with van der Waals surface area (Å²) in [7, 11) is -2.37. The molecule has 76 valence electrons. The van der Waals surface area contributed by atoms with Crippen LogP contribution in [0.5, 0.6) is 0 Å². The second kappa shape index (κ2) is 3.63. The Kier molecular flexibility index (Phi) is 2.92. The summed E-state index contributed by atoms with van der Waals surface area (Å²) in [6.07, 6.45) is 1.61. The summed E-state index contributed by atoms with van der Waals surface area (Å²) in [5.74, 6) is -0.616. The van der Waals surface area contributed by atoms with E-state index >= 15 is 0 Å². The molecule has 1 aliphatic rings. The molecule has 0 amide bonds. The van der Waals surface area contributed by atoms with E-state index in [0.29, 0.717) is 0 Å². The number of hydrogen-bond donors (Lipinski definition) is 0. The van der Waals surface area contributed by atoms with Gasteiger partial charge in [0.2, 0.25) is 0 Å². The molecule has 1 unspecified atom stereocenters. The van der Waals surface area contributed by atoms with Crippen molar-refractivity contribution in [2.45, 2.75) is 18.9 Å². The van der Waals surface area contributed by atoms with E-state index in [1.165, 1.54) is 7.11 Å². The van der Waals surface area contributed by atoms with Gasteiger partial charge in [-0.2, -0.15) is 8.42 Å². The molecule has 1 aliphatic carbocycles. The Morgan fingerprint density at radius 1 is 1.46 bits per heavy atom. The summed E-state index contributed by atoms with van der Waals surface area (Å²) in [5.41, 5.74) is 0. The van der Waals surface area contributed by atoms with Gasteiger partial charge in [0, 0.05) is 0 Å². The van der Waals surface area contributed by atoms with Crippen LogP contribution in [0.3, 0.4) is 0 Å². The van der Waals surface area contributed by atoms with Crippen LogP contribution in [0.15, 0.2) is 0 Å². The third-order valence-corrected chi connectivity index (χ3v) is 2.32. The molecule has 0 spiro atoms. The van der Waals surface area contributed by atoms with Crippen molar-refractivity contribution in [3.05, 3.63) is 0 Å². The van der Waals surface area contributed by atoms with Crippen molar-refractivity contribution in [1.29, 1.82) is 0 Å². The van der Waals surface area contributed by atoms with Crippen molar-refractivity contribution in [1.82, 2.24) is 0 Å². The van der Waals surface area contributed by atoms with Crippen LogP contribution < -0.4 is 0 Å². The molecule has 0 bridgehead atoms. The Morgan fingerprint density at radius 3 is 2.31 bits per heavy atom. The molecule has 0 aromatic rings. The average Bonchev–Trinajstić information content (AvgIpc) is 2.79. The van der Waals surface area contributed by atoms with Gasteiger partial charge in [-0.05, 0) is 18.8 Å². The van der Waals surface area contributed by atoms with E-state index < -0.39 is 22.2 Å². The minimum atomic E-state index is -3.58. The standard InChI is InChI=1S/C7H12O5S/c1-11-7(8)6(5-3-4-5)12-13(2,9)10/h5-6H,3-4H2,1-2H3. The zero-order chi connectivity index (χ0) is 10.1. The van der Waals surface area contributed by atoms with E-state index in [4.69, 9.17) is 0 Å². The van der Waals surface area contributed by atoms with E-state index in [1.807, 2.05) is 0 Å². The normalized spacial score (nSPS) is 19.5. The lowest BCUT2D eigenvalue weighted by Gasteiger charge is -2.12. The Labute approximate surface area is 77.1 Å². The van der Waals surface area contributed by atoms with Crippen molar-refractivity contribution in [3.8, 4) is 0 Å². The quantitative estimate of drug-likeness (QED) is 0.477. The molecule has 1 saturated carbocycles. The molecule has 1 fully saturated rings. The third-order valence-electron chi connectivity index (χ3n) is 1.76. The van der Waals surface area contributed by atoms with E-state index in [2.05, 4.69) is 8.92 Å². The molecule has 0 saturated heterocycles. The van der Waals surface area contributed by atoms with E-state index in [1.54, 1.807) is 0 Å². The SMILES string of the molecule is COC(=O)C(OS(C)(=O)=O)C1CC1. The first-order valence-corrected chi connectivity index (χ1v) is 5.72. The second-order valence-electron chi connectivity index (χ2n) is 3.08. The Morgan fingerprint density at radius 2 is 2.00 bits per heavy atom. The molecule has 6 heteroatoms. The monoisotopic (exact) mass is 208 g/mol. The highest BCUT2D eigenvalue weighted by Crippen LogP contribution is 2.35. The molecule has 0 N–H and O–H groups in total. The zero-order valence-electron chi connectivity index (χ0n) is 7.52. The highest BCUT2D eigenvalue weighted by atomic mass is 32.2. The Hall–Kier alpha value is -0.620. The molecular weight excluding hydrogens is 196 g/mol. The zero-order valence-corrected chi connectivity index (χ0v) is 8.33. The maximum Gasteiger partial charge on any atom is 0.336 e. The van der Waals surface area contributed by atoms with Crippen LogP contribution in [0.1, 0.15) is 12.8 Å². The first-order valence-electron chi connectivity index (χ1n) is 3.90. The maximum absolute atomic E-state index is 11.1. The molecule has 0 radical (unpaired) electrons. The summed E-state index contributed by atoms with van der Waals surface area (Å²) < 4.78 is 30.6. The smallest absolute Gasteiger partial charge is 0.336 e. The fourth-order valence-electron chi connectivity index (χ4n) is 1.01. The number of hydrogen-bond acceptors (Lipinski definition) is 5. The largest absolute Gasteiger partial charge is 0.467 e. The molecule has 5 nitrogen and oxygen atoms in total. The van der Waals surface area contributed by atoms with Crippen molar-refractivity contribution in [2.24, 2.45) is 5.92 Å². The Bertz CT molecular complexity index is 290. The van der Waals surface area contributed by atoms with Crippen molar-refractivity contribution in [2.75, 3.05) is 13.4 Å². The number of carbonyl (C=O) groups is 1. The van der Waals surface area contributed by atoms with Crippen LogP contribution in [0, 0.1) is 5.92 Å². The number of carbonyl (C=O) groups excluding carboxylic acids is 1. The molecular formula is C7H12O5S. The number of rotatable bonds is 4. The van der Waals surface area contributed by atoms with Crippen LogP contribution in [0.2, 0.25) is 0 Å². The van der Waals surface area contributed by atoms with Gasteiger partial charge in [0.25, 0.3) is 10.1 Å². The van der Waals surface area contributed by atoms with Gasteiger partial charge in [0.15, 0.2) is 6.10 Å². The number of ether oxygens (including phenoxy) is 1. The van der Waals surface area contributed by atoms with Crippen molar-refractivity contribution >= 4 is 16.1 Å². The lowest BCUT2D eigenvalue weighted by atomic mass is 10.2. The van der Waals surface area contributed by atoms with Gasteiger partial charge >= 0.3 is 5.97 Å². The molecule has 13 heavy (non-hydrogen) atoms. The van der Waals surface area contributed by atoms with Gasteiger partial charge in [0.05, 0.1) is 13.4 Å². The van der Waals surface area contributed by atoms with Crippen LogP contribution in [0.25, 0.3) is 0 Å². The average molecular weight is 208 g/mol. The third kappa shape index (κ3) is 3.31.